The molecule has 0 aliphatic rings. The maximum atomic E-state index is 13.3. The minimum atomic E-state index is -5.76. The highest BCUT2D eigenvalue weighted by atomic mass is 32.2. The molecular weight excluding hydrogens is 292 g/mol. The zero-order chi connectivity index (χ0) is 14.4. The van der Waals surface area contributed by atoms with Crippen LogP contribution < -0.4 is 5.26 Å². The van der Waals surface area contributed by atoms with Gasteiger partial charge in [-0.1, -0.05) is 0 Å². The number of carbonyl (C=O) groups excluding carboxylic acids is 2. The summed E-state index contributed by atoms with van der Waals surface area (Å²) in [6.45, 7) is -1.24. The van der Waals surface area contributed by atoms with E-state index in [-0.39, 0.29) is 0 Å². The van der Waals surface area contributed by atoms with Gasteiger partial charge in [-0.2, -0.15) is 17.5 Å². The first-order chi connectivity index (χ1) is 8.19. The Morgan fingerprint density at radius 3 is 2.22 bits per heavy atom. The maximum Gasteiger partial charge on any atom is 0.446 e. The molecule has 0 amide bonds. The van der Waals surface area contributed by atoms with Crippen LogP contribution in [0.15, 0.2) is 0 Å². The van der Waals surface area contributed by atoms with Gasteiger partial charge >= 0.3 is 23.1 Å². The molecule has 0 bridgehead atoms. The molecule has 12 heteroatoms. The SMILES string of the molecule is COC(=O)COC(=O)C(F)(SOO[O-])C(F)(F)F. The summed E-state index contributed by atoms with van der Waals surface area (Å²) in [4.78, 5) is 21.3. The van der Waals surface area contributed by atoms with Crippen molar-refractivity contribution in [3.63, 3.8) is 0 Å². The highest BCUT2D eigenvalue weighted by Gasteiger charge is 2.65. The van der Waals surface area contributed by atoms with Crippen molar-refractivity contribution in [3.8, 4) is 0 Å². The zero-order valence-electron chi connectivity index (χ0n) is 8.48. The van der Waals surface area contributed by atoms with Gasteiger partial charge in [-0.3, -0.25) is 5.04 Å². The molecule has 7 nitrogen and oxygen atoms in total. The fourth-order valence-electron chi connectivity index (χ4n) is 0.534. The fourth-order valence-corrected chi connectivity index (χ4v) is 0.877. The average molecular weight is 297 g/mol. The summed E-state index contributed by atoms with van der Waals surface area (Å²) in [6.07, 6.45) is -5.76. The highest BCUT2D eigenvalue weighted by molar-refractivity contribution is 7.96. The summed E-state index contributed by atoms with van der Waals surface area (Å²) in [5.41, 5.74) is 0. The van der Waals surface area contributed by atoms with Gasteiger partial charge in [0.05, 0.1) is 19.2 Å². The van der Waals surface area contributed by atoms with Crippen LogP contribution in [0.25, 0.3) is 0 Å². The second-order valence-electron chi connectivity index (χ2n) is 2.46. The van der Waals surface area contributed by atoms with E-state index < -0.39 is 41.8 Å². The first-order valence-corrected chi connectivity index (χ1v) is 4.57. The Morgan fingerprint density at radius 2 is 1.83 bits per heavy atom. The molecule has 0 aliphatic carbocycles. The molecule has 0 aliphatic heterocycles. The smallest absolute Gasteiger partial charge is 0.446 e. The van der Waals surface area contributed by atoms with Gasteiger partial charge in [0.15, 0.2) is 6.61 Å². The second-order valence-corrected chi connectivity index (χ2v) is 3.33. The number of methoxy groups -OCH3 is 1. The summed E-state index contributed by atoms with van der Waals surface area (Å²) < 4.78 is 60.8. The van der Waals surface area contributed by atoms with Crippen molar-refractivity contribution in [1.82, 2.24) is 0 Å². The van der Waals surface area contributed by atoms with E-state index >= 15 is 0 Å². The van der Waals surface area contributed by atoms with E-state index in [9.17, 15) is 32.4 Å². The summed E-state index contributed by atoms with van der Waals surface area (Å²) >= 11 is -1.25. The van der Waals surface area contributed by atoms with E-state index in [0.717, 1.165) is 7.11 Å². The molecule has 0 aromatic rings. The number of ether oxygens (including phenoxy) is 2. The van der Waals surface area contributed by atoms with Crippen LogP contribution in [0.1, 0.15) is 0 Å². The number of rotatable bonds is 6. The van der Waals surface area contributed by atoms with E-state index in [0.29, 0.717) is 0 Å². The van der Waals surface area contributed by atoms with Gasteiger partial charge in [0, 0.05) is 0 Å². The lowest BCUT2D eigenvalue weighted by Crippen LogP contribution is -2.47. The third-order valence-electron chi connectivity index (χ3n) is 1.35. The van der Waals surface area contributed by atoms with Crippen molar-refractivity contribution < 1.29 is 51.3 Å². The summed E-state index contributed by atoms with van der Waals surface area (Å²) in [5, 5.41) is 7.12. The first-order valence-electron chi connectivity index (χ1n) is 3.83. The molecular formula is C6H5F4O7S-. The highest BCUT2D eigenvalue weighted by Crippen LogP contribution is 2.44. The van der Waals surface area contributed by atoms with Crippen LogP contribution >= 0.6 is 12.0 Å². The molecule has 1 atom stereocenters. The molecule has 0 N–H and O–H groups in total. The lowest BCUT2D eigenvalue weighted by Gasteiger charge is -2.23. The molecule has 0 saturated carbocycles. The van der Waals surface area contributed by atoms with E-state index in [1.807, 2.05) is 0 Å². The van der Waals surface area contributed by atoms with Crippen molar-refractivity contribution in [2.45, 2.75) is 11.2 Å². The van der Waals surface area contributed by atoms with Gasteiger partial charge in [-0.05, 0) is 0 Å². The predicted octanol–water partition coefficient (Wildman–Crippen LogP) is -0.198. The quantitative estimate of drug-likeness (QED) is 0.219. The number of alkyl halides is 4. The maximum absolute atomic E-state index is 13.3. The molecule has 0 heterocycles. The molecule has 0 spiro atoms. The monoisotopic (exact) mass is 297 g/mol. The number of halogens is 4. The van der Waals surface area contributed by atoms with Gasteiger partial charge in [0.1, 0.15) is 0 Å². The van der Waals surface area contributed by atoms with Gasteiger partial charge in [0.25, 0.3) is 0 Å². The van der Waals surface area contributed by atoms with Crippen LogP contribution in [-0.4, -0.2) is 36.8 Å². The molecule has 0 rings (SSSR count). The van der Waals surface area contributed by atoms with E-state index in [4.69, 9.17) is 0 Å². The number of hydrogen-bond donors (Lipinski definition) is 0. The predicted molar refractivity (Wildman–Crippen MR) is 42.6 cm³/mol. The van der Waals surface area contributed by atoms with E-state index in [1.54, 1.807) is 0 Å². The van der Waals surface area contributed by atoms with E-state index in [2.05, 4.69) is 18.8 Å². The van der Waals surface area contributed by atoms with Crippen LogP contribution in [0, 0.1) is 0 Å². The standard InChI is InChI=1S/C6H6F4O7S/c1-14-3(11)2-15-4(12)5(7,6(8,9)10)18-17-16-13/h13H,2H2,1H3/p-1. The lowest BCUT2D eigenvalue weighted by atomic mass is 10.4. The van der Waals surface area contributed by atoms with Crippen LogP contribution in [0.4, 0.5) is 17.6 Å². The minimum absolute atomic E-state index is 0.867. The van der Waals surface area contributed by atoms with Crippen LogP contribution in [-0.2, 0) is 28.4 Å². The Morgan fingerprint density at radius 1 is 1.28 bits per heavy atom. The van der Waals surface area contributed by atoms with Crippen LogP contribution in [0.3, 0.4) is 0 Å². The summed E-state index contributed by atoms with van der Waals surface area (Å²) in [7, 11) is 0.867. The van der Waals surface area contributed by atoms with Crippen LogP contribution in [0.5, 0.6) is 0 Å². The second kappa shape index (κ2) is 6.72. The Bertz CT molecular complexity index is 309. The fraction of sp³-hybridized carbons (Fsp3) is 0.667. The van der Waals surface area contributed by atoms with Crippen molar-refractivity contribution in [2.75, 3.05) is 13.7 Å². The van der Waals surface area contributed by atoms with Gasteiger partial charge < -0.3 is 14.7 Å². The molecule has 0 aromatic heterocycles. The van der Waals surface area contributed by atoms with E-state index in [1.165, 1.54) is 0 Å². The number of hydrogen-bond acceptors (Lipinski definition) is 8. The number of carbonyl (C=O) groups is 2. The van der Waals surface area contributed by atoms with Gasteiger partial charge in [0.2, 0.25) is 0 Å². The van der Waals surface area contributed by atoms with Gasteiger partial charge in [-0.15, -0.1) is 0 Å². The van der Waals surface area contributed by atoms with Crippen molar-refractivity contribution in [3.05, 3.63) is 0 Å². The molecule has 18 heavy (non-hydrogen) atoms. The van der Waals surface area contributed by atoms with Crippen molar-refractivity contribution in [2.24, 2.45) is 0 Å². The Kier molecular flexibility index (Phi) is 6.31. The topological polar surface area (TPSA) is 94.1 Å². The normalized spacial score (nSPS) is 14.8. The third kappa shape index (κ3) is 4.29. The molecule has 1 unspecified atom stereocenters. The molecule has 0 aromatic carbocycles. The molecule has 0 fully saturated rings. The number of esters is 2. The molecule has 0 saturated heterocycles. The van der Waals surface area contributed by atoms with Crippen molar-refractivity contribution in [1.29, 1.82) is 0 Å². The van der Waals surface area contributed by atoms with Crippen LogP contribution in [0.2, 0.25) is 0 Å². The minimum Gasteiger partial charge on any atom is -0.691 e. The Labute approximate surface area is 101 Å². The zero-order valence-corrected chi connectivity index (χ0v) is 9.30. The lowest BCUT2D eigenvalue weighted by molar-refractivity contribution is -0.777. The largest absolute Gasteiger partial charge is 0.691 e. The first kappa shape index (κ1) is 16.9. The summed E-state index contributed by atoms with van der Waals surface area (Å²) in [6, 6.07) is 0. The Hall–Kier alpha value is -1.11. The molecule has 0 radical (unpaired) electrons. The van der Waals surface area contributed by atoms with Gasteiger partial charge in [-0.25, -0.2) is 14.0 Å². The third-order valence-corrected chi connectivity index (χ3v) is 2.10. The van der Waals surface area contributed by atoms with Crippen molar-refractivity contribution >= 4 is 24.0 Å². The average Bonchev–Trinajstić information content (AvgIpc) is 2.30. The molecule has 106 valence electrons. The Balaban J connectivity index is 4.76. The summed E-state index contributed by atoms with van der Waals surface area (Å²) in [5.74, 6) is -3.71.